The van der Waals surface area contributed by atoms with Gasteiger partial charge in [-0.1, -0.05) is 12.1 Å². The van der Waals surface area contributed by atoms with Crippen LogP contribution in [0.25, 0.3) is 6.08 Å². The molecule has 22 heavy (non-hydrogen) atoms. The number of hydrogen-bond donors (Lipinski definition) is 1. The van der Waals surface area contributed by atoms with Gasteiger partial charge in [0.1, 0.15) is 17.4 Å². The van der Waals surface area contributed by atoms with Crippen molar-refractivity contribution < 1.29 is 14.3 Å². The summed E-state index contributed by atoms with van der Waals surface area (Å²) in [7, 11) is 0. The highest BCUT2D eigenvalue weighted by atomic mass is 16.5. The van der Waals surface area contributed by atoms with Crippen LogP contribution in [0.2, 0.25) is 0 Å². The van der Waals surface area contributed by atoms with E-state index in [-0.39, 0.29) is 18.1 Å². The van der Waals surface area contributed by atoms with Gasteiger partial charge >= 0.3 is 0 Å². The lowest BCUT2D eigenvalue weighted by atomic mass is 10.1. The van der Waals surface area contributed by atoms with Crippen molar-refractivity contribution in [2.24, 2.45) is 5.73 Å². The maximum absolute atomic E-state index is 11.8. The minimum atomic E-state index is -0.765. The van der Waals surface area contributed by atoms with Crippen molar-refractivity contribution in [3.8, 4) is 11.8 Å². The van der Waals surface area contributed by atoms with Gasteiger partial charge < -0.3 is 15.4 Å². The van der Waals surface area contributed by atoms with Gasteiger partial charge in [-0.25, -0.2) is 0 Å². The van der Waals surface area contributed by atoms with Crippen LogP contribution in [-0.4, -0.2) is 36.4 Å². The summed E-state index contributed by atoms with van der Waals surface area (Å²) in [4.78, 5) is 24.6. The van der Waals surface area contributed by atoms with Gasteiger partial charge in [-0.05, 0) is 36.6 Å². The van der Waals surface area contributed by atoms with Gasteiger partial charge in [0.2, 0.25) is 0 Å². The van der Waals surface area contributed by atoms with Crippen molar-refractivity contribution in [2.45, 2.75) is 12.8 Å². The molecule has 0 bridgehead atoms. The van der Waals surface area contributed by atoms with Crippen molar-refractivity contribution in [3.05, 3.63) is 35.4 Å². The van der Waals surface area contributed by atoms with Gasteiger partial charge in [0.15, 0.2) is 6.61 Å². The number of nitriles is 1. The standard InChI is InChI=1S/C16H17N3O3/c17-10-13(16(18)21)9-12-3-5-14(6-4-12)22-11-15(20)19-7-1-2-8-19/h3-6,9H,1-2,7-8,11H2,(H2,18,21)/b13-9+. The summed E-state index contributed by atoms with van der Waals surface area (Å²) in [6, 6.07) is 8.48. The van der Waals surface area contributed by atoms with E-state index in [1.807, 2.05) is 0 Å². The Balaban J connectivity index is 1.93. The Kier molecular flexibility index (Phi) is 5.15. The van der Waals surface area contributed by atoms with E-state index in [0.717, 1.165) is 25.9 Å². The zero-order valence-electron chi connectivity index (χ0n) is 12.1. The average molecular weight is 299 g/mol. The first-order chi connectivity index (χ1) is 10.6. The molecule has 2 rings (SSSR count). The van der Waals surface area contributed by atoms with Crippen LogP contribution >= 0.6 is 0 Å². The minimum absolute atomic E-state index is 0.0121. The highest BCUT2D eigenvalue weighted by molar-refractivity contribution is 6.00. The van der Waals surface area contributed by atoms with E-state index in [1.54, 1.807) is 35.2 Å². The number of primary amides is 1. The number of nitrogens with zero attached hydrogens (tertiary/aromatic N) is 2. The molecular weight excluding hydrogens is 282 g/mol. The molecule has 0 aromatic heterocycles. The summed E-state index contributed by atoms with van der Waals surface area (Å²) in [5, 5.41) is 8.78. The smallest absolute Gasteiger partial charge is 0.260 e. The molecule has 2 N–H and O–H groups in total. The molecule has 1 saturated heterocycles. The molecule has 6 heteroatoms. The fourth-order valence-corrected chi connectivity index (χ4v) is 2.19. The molecule has 1 aromatic carbocycles. The lowest BCUT2D eigenvalue weighted by Gasteiger charge is -2.15. The molecule has 1 aliphatic rings. The van der Waals surface area contributed by atoms with Crippen LogP contribution in [0.15, 0.2) is 29.8 Å². The average Bonchev–Trinajstić information content (AvgIpc) is 3.05. The lowest BCUT2D eigenvalue weighted by molar-refractivity contribution is -0.132. The highest BCUT2D eigenvalue weighted by Crippen LogP contribution is 2.15. The molecule has 1 aromatic rings. The zero-order valence-corrected chi connectivity index (χ0v) is 12.1. The molecule has 6 nitrogen and oxygen atoms in total. The molecule has 0 spiro atoms. The van der Waals surface area contributed by atoms with Crippen LogP contribution in [0.5, 0.6) is 5.75 Å². The third kappa shape index (κ3) is 4.09. The third-order valence-electron chi connectivity index (χ3n) is 3.40. The Hall–Kier alpha value is -2.81. The molecule has 0 aliphatic carbocycles. The molecule has 0 saturated carbocycles. The molecule has 0 unspecified atom stereocenters. The summed E-state index contributed by atoms with van der Waals surface area (Å²) in [5.41, 5.74) is 5.62. The molecule has 114 valence electrons. The Morgan fingerprint density at radius 2 is 1.91 bits per heavy atom. The summed E-state index contributed by atoms with van der Waals surface area (Å²) in [6.45, 7) is 1.62. The Morgan fingerprint density at radius 3 is 2.45 bits per heavy atom. The van der Waals surface area contributed by atoms with Crippen LogP contribution in [0, 0.1) is 11.3 Å². The molecule has 1 aliphatic heterocycles. The normalized spacial score (nSPS) is 14.5. The van der Waals surface area contributed by atoms with Crippen molar-refractivity contribution in [3.63, 3.8) is 0 Å². The topological polar surface area (TPSA) is 96.4 Å². The molecule has 2 amide bonds. The summed E-state index contributed by atoms with van der Waals surface area (Å²) >= 11 is 0. The first kappa shape index (κ1) is 15.6. The van der Waals surface area contributed by atoms with Crippen molar-refractivity contribution >= 4 is 17.9 Å². The Morgan fingerprint density at radius 1 is 1.27 bits per heavy atom. The number of nitrogens with two attached hydrogens (primary N) is 1. The maximum atomic E-state index is 11.8. The first-order valence-corrected chi connectivity index (χ1v) is 7.02. The predicted octanol–water partition coefficient (Wildman–Crippen LogP) is 1.08. The number of hydrogen-bond acceptors (Lipinski definition) is 4. The van der Waals surface area contributed by atoms with Crippen LogP contribution < -0.4 is 10.5 Å². The third-order valence-corrected chi connectivity index (χ3v) is 3.40. The van der Waals surface area contributed by atoms with Crippen LogP contribution in [0.1, 0.15) is 18.4 Å². The van der Waals surface area contributed by atoms with E-state index in [4.69, 9.17) is 15.7 Å². The van der Waals surface area contributed by atoms with Crippen LogP contribution in [0.3, 0.4) is 0 Å². The number of carbonyl (C=O) groups excluding carboxylic acids is 2. The number of amides is 2. The zero-order chi connectivity index (χ0) is 15.9. The second kappa shape index (κ2) is 7.27. The molecule has 0 radical (unpaired) electrons. The van der Waals surface area contributed by atoms with Crippen LogP contribution in [-0.2, 0) is 9.59 Å². The largest absolute Gasteiger partial charge is 0.484 e. The van der Waals surface area contributed by atoms with E-state index in [2.05, 4.69) is 0 Å². The molecule has 1 fully saturated rings. The van der Waals surface area contributed by atoms with E-state index < -0.39 is 5.91 Å². The lowest BCUT2D eigenvalue weighted by Crippen LogP contribution is -2.32. The molecule has 0 atom stereocenters. The van der Waals surface area contributed by atoms with Crippen LogP contribution in [0.4, 0.5) is 0 Å². The number of ether oxygens (including phenoxy) is 1. The van der Waals surface area contributed by atoms with Crippen molar-refractivity contribution in [1.29, 1.82) is 5.26 Å². The maximum Gasteiger partial charge on any atom is 0.260 e. The van der Waals surface area contributed by atoms with E-state index in [1.165, 1.54) is 6.08 Å². The quantitative estimate of drug-likeness (QED) is 0.650. The monoisotopic (exact) mass is 299 g/mol. The predicted molar refractivity (Wildman–Crippen MR) is 80.5 cm³/mol. The number of carbonyl (C=O) groups is 2. The molecule has 1 heterocycles. The fraction of sp³-hybridized carbons (Fsp3) is 0.312. The number of likely N-dealkylation sites (tertiary alicyclic amines) is 1. The van der Waals surface area contributed by atoms with Gasteiger partial charge in [0.05, 0.1) is 0 Å². The first-order valence-electron chi connectivity index (χ1n) is 7.02. The summed E-state index contributed by atoms with van der Waals surface area (Å²) in [5.74, 6) is -0.219. The fourth-order valence-electron chi connectivity index (χ4n) is 2.19. The minimum Gasteiger partial charge on any atom is -0.484 e. The Bertz CT molecular complexity index is 623. The van der Waals surface area contributed by atoms with Crippen molar-refractivity contribution in [1.82, 2.24) is 4.90 Å². The van der Waals surface area contributed by atoms with E-state index in [0.29, 0.717) is 11.3 Å². The highest BCUT2D eigenvalue weighted by Gasteiger charge is 2.17. The van der Waals surface area contributed by atoms with E-state index in [9.17, 15) is 9.59 Å². The Labute approximate surface area is 128 Å². The van der Waals surface area contributed by atoms with Gasteiger partial charge in [-0.2, -0.15) is 5.26 Å². The van der Waals surface area contributed by atoms with Gasteiger partial charge in [0, 0.05) is 13.1 Å². The SMILES string of the molecule is N#C/C(=C\c1ccc(OCC(=O)N2CCCC2)cc1)C(N)=O. The van der Waals surface area contributed by atoms with Gasteiger partial charge in [-0.15, -0.1) is 0 Å². The summed E-state index contributed by atoms with van der Waals surface area (Å²) < 4.78 is 5.45. The number of rotatable bonds is 5. The van der Waals surface area contributed by atoms with E-state index >= 15 is 0 Å². The summed E-state index contributed by atoms with van der Waals surface area (Å²) in [6.07, 6.45) is 3.50. The van der Waals surface area contributed by atoms with Gasteiger partial charge in [-0.3, -0.25) is 9.59 Å². The second-order valence-corrected chi connectivity index (χ2v) is 4.98. The second-order valence-electron chi connectivity index (χ2n) is 4.98. The number of benzene rings is 1. The van der Waals surface area contributed by atoms with Gasteiger partial charge in [0.25, 0.3) is 11.8 Å². The molecular formula is C16H17N3O3. The van der Waals surface area contributed by atoms with Crippen molar-refractivity contribution in [2.75, 3.05) is 19.7 Å².